The first kappa shape index (κ1) is 14.8. The van der Waals surface area contributed by atoms with E-state index in [1.54, 1.807) is 18.2 Å². The average Bonchev–Trinajstić information content (AvgIpc) is 2.65. The van der Waals surface area contributed by atoms with Gasteiger partial charge in [0.25, 0.3) is 0 Å². The first-order valence-corrected chi connectivity index (χ1v) is 7.50. The topological polar surface area (TPSA) is 35.8 Å². The van der Waals surface area contributed by atoms with Crippen LogP contribution in [0.5, 0.6) is 0 Å². The Balaban J connectivity index is 2.14. The van der Waals surface area contributed by atoms with Gasteiger partial charge in [0.05, 0.1) is 11.8 Å². The van der Waals surface area contributed by atoms with Crippen molar-refractivity contribution >= 4 is 5.69 Å². The molecule has 1 saturated carbocycles. The van der Waals surface area contributed by atoms with Gasteiger partial charge in [0.15, 0.2) is 0 Å². The van der Waals surface area contributed by atoms with Crippen molar-refractivity contribution in [3.05, 3.63) is 30.1 Å². The molecule has 1 aliphatic carbocycles. The Kier molecular flexibility index (Phi) is 4.65. The Labute approximate surface area is 121 Å². The highest BCUT2D eigenvalue weighted by molar-refractivity contribution is 5.48. The lowest BCUT2D eigenvalue weighted by Gasteiger charge is -2.28. The molecular formula is C17H23FN2. The first-order chi connectivity index (χ1) is 9.56. The Hall–Kier alpha value is -1.56. The van der Waals surface area contributed by atoms with Crippen LogP contribution in [-0.2, 0) is 0 Å². The smallest absolute Gasteiger partial charge is 0.146 e. The molecule has 108 valence electrons. The number of anilines is 1. The molecule has 3 heteroatoms. The van der Waals surface area contributed by atoms with Crippen molar-refractivity contribution in [1.29, 1.82) is 5.26 Å². The summed E-state index contributed by atoms with van der Waals surface area (Å²) >= 11 is 0. The summed E-state index contributed by atoms with van der Waals surface area (Å²) < 4.78 is 13.8. The van der Waals surface area contributed by atoms with Gasteiger partial charge in [-0.2, -0.15) is 5.26 Å². The van der Waals surface area contributed by atoms with Gasteiger partial charge in [0, 0.05) is 0 Å². The van der Waals surface area contributed by atoms with Crippen LogP contribution >= 0.6 is 0 Å². The summed E-state index contributed by atoms with van der Waals surface area (Å²) in [6.45, 7) is 4.49. The van der Waals surface area contributed by atoms with Gasteiger partial charge in [-0.05, 0) is 49.7 Å². The third kappa shape index (κ3) is 3.30. The molecule has 0 aliphatic heterocycles. The number of nitriles is 1. The SMILES string of the molecule is CC(C)C1CCCC(C#N)(Nc2ccccc2F)CC1. The van der Waals surface area contributed by atoms with E-state index >= 15 is 0 Å². The van der Waals surface area contributed by atoms with E-state index in [0.717, 1.165) is 25.7 Å². The number of hydrogen-bond acceptors (Lipinski definition) is 2. The molecule has 1 aromatic carbocycles. The molecule has 1 N–H and O–H groups in total. The molecule has 20 heavy (non-hydrogen) atoms. The van der Waals surface area contributed by atoms with Crippen LogP contribution in [0.4, 0.5) is 10.1 Å². The van der Waals surface area contributed by atoms with E-state index in [4.69, 9.17) is 0 Å². The van der Waals surface area contributed by atoms with Gasteiger partial charge in [0.2, 0.25) is 0 Å². The molecule has 2 rings (SSSR count). The van der Waals surface area contributed by atoms with Crippen molar-refractivity contribution in [1.82, 2.24) is 0 Å². The van der Waals surface area contributed by atoms with Gasteiger partial charge >= 0.3 is 0 Å². The molecule has 1 aliphatic rings. The summed E-state index contributed by atoms with van der Waals surface area (Å²) in [5.41, 5.74) is -0.178. The van der Waals surface area contributed by atoms with Gasteiger partial charge in [0.1, 0.15) is 11.4 Å². The Morgan fingerprint density at radius 2 is 2.05 bits per heavy atom. The molecule has 1 fully saturated rings. The lowest BCUT2D eigenvalue weighted by Crippen LogP contribution is -2.36. The van der Waals surface area contributed by atoms with Crippen LogP contribution in [0.25, 0.3) is 0 Å². The summed E-state index contributed by atoms with van der Waals surface area (Å²) in [4.78, 5) is 0. The molecule has 0 heterocycles. The highest BCUT2D eigenvalue weighted by Gasteiger charge is 2.34. The minimum atomic E-state index is -0.619. The second-order valence-corrected chi connectivity index (χ2v) is 6.23. The summed E-state index contributed by atoms with van der Waals surface area (Å²) in [7, 11) is 0. The molecular weight excluding hydrogens is 251 g/mol. The zero-order valence-corrected chi connectivity index (χ0v) is 12.3. The molecule has 0 aromatic heterocycles. The second-order valence-electron chi connectivity index (χ2n) is 6.23. The molecule has 2 unspecified atom stereocenters. The number of hydrogen-bond donors (Lipinski definition) is 1. The number of para-hydroxylation sites is 1. The largest absolute Gasteiger partial charge is 0.365 e. The molecule has 0 amide bonds. The van der Waals surface area contributed by atoms with Gasteiger partial charge in [-0.25, -0.2) is 4.39 Å². The lowest BCUT2D eigenvalue weighted by molar-refractivity contribution is 0.338. The van der Waals surface area contributed by atoms with E-state index in [9.17, 15) is 9.65 Å². The second kappa shape index (κ2) is 6.26. The van der Waals surface area contributed by atoms with Crippen LogP contribution in [-0.4, -0.2) is 5.54 Å². The fourth-order valence-corrected chi connectivity index (χ4v) is 3.12. The fourth-order valence-electron chi connectivity index (χ4n) is 3.12. The predicted molar refractivity (Wildman–Crippen MR) is 79.8 cm³/mol. The molecule has 2 atom stereocenters. The average molecular weight is 274 g/mol. The van der Waals surface area contributed by atoms with Crippen molar-refractivity contribution in [3.63, 3.8) is 0 Å². The van der Waals surface area contributed by atoms with Crippen molar-refractivity contribution in [2.45, 2.75) is 51.5 Å². The fraction of sp³-hybridized carbons (Fsp3) is 0.588. The van der Waals surface area contributed by atoms with Gasteiger partial charge in [-0.3, -0.25) is 0 Å². The maximum absolute atomic E-state index is 13.8. The van der Waals surface area contributed by atoms with Crippen molar-refractivity contribution in [3.8, 4) is 6.07 Å². The standard InChI is InChI=1S/C17H23FN2/c1-13(2)14-6-5-10-17(12-19,11-9-14)20-16-8-4-3-7-15(16)18/h3-4,7-8,13-14,20H,5-6,9-11H2,1-2H3. The summed E-state index contributed by atoms with van der Waals surface area (Å²) in [6, 6.07) is 9.02. The van der Waals surface area contributed by atoms with Crippen LogP contribution < -0.4 is 5.32 Å². The lowest BCUT2D eigenvalue weighted by atomic mass is 9.87. The molecule has 0 radical (unpaired) electrons. The predicted octanol–water partition coefficient (Wildman–Crippen LogP) is 4.74. The maximum atomic E-state index is 13.8. The van der Waals surface area contributed by atoms with Gasteiger partial charge in [-0.1, -0.05) is 32.4 Å². The van der Waals surface area contributed by atoms with Crippen LogP contribution in [0.1, 0.15) is 46.0 Å². The summed E-state index contributed by atoms with van der Waals surface area (Å²) in [5.74, 6) is 1.04. The molecule has 2 nitrogen and oxygen atoms in total. The van der Waals surface area contributed by atoms with Crippen LogP contribution in [0, 0.1) is 29.0 Å². The monoisotopic (exact) mass is 274 g/mol. The minimum Gasteiger partial charge on any atom is -0.365 e. The Morgan fingerprint density at radius 1 is 1.30 bits per heavy atom. The molecule has 0 bridgehead atoms. The van der Waals surface area contributed by atoms with Crippen LogP contribution in [0.2, 0.25) is 0 Å². The maximum Gasteiger partial charge on any atom is 0.146 e. The van der Waals surface area contributed by atoms with Gasteiger partial charge in [-0.15, -0.1) is 0 Å². The zero-order valence-electron chi connectivity index (χ0n) is 12.3. The van der Waals surface area contributed by atoms with E-state index in [2.05, 4.69) is 25.2 Å². The highest BCUT2D eigenvalue weighted by atomic mass is 19.1. The molecule has 1 aromatic rings. The Morgan fingerprint density at radius 3 is 2.70 bits per heavy atom. The number of rotatable bonds is 3. The third-order valence-corrected chi connectivity index (χ3v) is 4.53. The van der Waals surface area contributed by atoms with Crippen molar-refractivity contribution < 1.29 is 4.39 Å². The quantitative estimate of drug-likeness (QED) is 0.808. The van der Waals surface area contributed by atoms with Crippen LogP contribution in [0.3, 0.4) is 0 Å². The number of nitrogens with one attached hydrogen (secondary N) is 1. The van der Waals surface area contributed by atoms with E-state index < -0.39 is 5.54 Å². The molecule has 0 spiro atoms. The van der Waals surface area contributed by atoms with E-state index in [1.165, 1.54) is 12.5 Å². The molecule has 0 saturated heterocycles. The number of halogens is 1. The zero-order chi connectivity index (χ0) is 14.6. The Bertz CT molecular complexity index is 492. The summed E-state index contributed by atoms with van der Waals surface area (Å²) in [6.07, 6.45) is 4.81. The van der Waals surface area contributed by atoms with Crippen LogP contribution in [0.15, 0.2) is 24.3 Å². The van der Waals surface area contributed by atoms with E-state index in [1.807, 2.05) is 0 Å². The minimum absolute atomic E-state index is 0.285. The van der Waals surface area contributed by atoms with Crippen molar-refractivity contribution in [2.75, 3.05) is 5.32 Å². The normalized spacial score (nSPS) is 26.9. The van der Waals surface area contributed by atoms with E-state index in [0.29, 0.717) is 17.5 Å². The number of benzene rings is 1. The number of nitrogens with zero attached hydrogens (tertiary/aromatic N) is 1. The highest BCUT2D eigenvalue weighted by Crippen LogP contribution is 2.36. The van der Waals surface area contributed by atoms with E-state index in [-0.39, 0.29) is 5.82 Å². The van der Waals surface area contributed by atoms with Crippen molar-refractivity contribution in [2.24, 2.45) is 11.8 Å². The summed E-state index contributed by atoms with van der Waals surface area (Å²) in [5, 5.41) is 12.8. The third-order valence-electron chi connectivity index (χ3n) is 4.53. The van der Waals surface area contributed by atoms with Gasteiger partial charge < -0.3 is 5.32 Å². The first-order valence-electron chi connectivity index (χ1n) is 7.50.